The molecule has 4 aromatic rings. The van der Waals surface area contributed by atoms with Gasteiger partial charge in [0.25, 0.3) is 11.5 Å². The van der Waals surface area contributed by atoms with Crippen LogP contribution in [0.1, 0.15) is 27.2 Å². The summed E-state index contributed by atoms with van der Waals surface area (Å²) in [6, 6.07) is 12.5. The van der Waals surface area contributed by atoms with Gasteiger partial charge < -0.3 is 14.5 Å². The summed E-state index contributed by atoms with van der Waals surface area (Å²) in [5, 5.41) is 9.22. The minimum absolute atomic E-state index is 0.248. The van der Waals surface area contributed by atoms with Crippen molar-refractivity contribution in [3.05, 3.63) is 81.4 Å². The highest BCUT2D eigenvalue weighted by atomic mass is 16.5. The van der Waals surface area contributed by atoms with E-state index in [0.717, 1.165) is 16.5 Å². The molecule has 0 bridgehead atoms. The lowest BCUT2D eigenvalue weighted by Gasteiger charge is -2.09. The lowest BCUT2D eigenvalue weighted by Crippen LogP contribution is -2.18. The van der Waals surface area contributed by atoms with Gasteiger partial charge in [0.1, 0.15) is 0 Å². The molecule has 9 heteroatoms. The Balaban J connectivity index is 1.59. The predicted molar refractivity (Wildman–Crippen MR) is 126 cm³/mol. The van der Waals surface area contributed by atoms with Crippen LogP contribution in [0, 0.1) is 13.8 Å². The molecule has 4 rings (SSSR count). The molecule has 2 aromatic carbocycles. The van der Waals surface area contributed by atoms with Gasteiger partial charge in [-0.05, 0) is 49.7 Å². The highest BCUT2D eigenvalue weighted by molar-refractivity contribution is 5.96. The largest absolute Gasteiger partial charge is 0.493 e. The first-order valence-corrected chi connectivity index (χ1v) is 10.2. The van der Waals surface area contributed by atoms with Crippen molar-refractivity contribution < 1.29 is 14.3 Å². The highest BCUT2D eigenvalue weighted by Gasteiger charge is 2.17. The number of hydrogen-bond donors (Lipinski definition) is 2. The van der Waals surface area contributed by atoms with Crippen LogP contribution in [-0.2, 0) is 0 Å². The van der Waals surface area contributed by atoms with Crippen LogP contribution in [0.4, 0.5) is 0 Å². The molecule has 0 aliphatic heterocycles. The van der Waals surface area contributed by atoms with Crippen LogP contribution in [-0.4, -0.2) is 41.1 Å². The number of carbonyl (C=O) groups excluding carboxylic acids is 1. The number of ether oxygens (including phenoxy) is 2. The fourth-order valence-corrected chi connectivity index (χ4v) is 3.56. The normalized spacial score (nSPS) is 11.2. The molecular weight excluding hydrogens is 422 g/mol. The SMILES string of the molecule is COc1ccc(/C=N\NC(=O)c2cnn(-c3cc(=O)[nH]c4ccc(C)cc34)c2C)cc1OC. The molecule has 0 saturated carbocycles. The van der Waals surface area contributed by atoms with Crippen LogP contribution >= 0.6 is 0 Å². The number of fused-ring (bicyclic) bond motifs is 1. The van der Waals surface area contributed by atoms with Crippen molar-refractivity contribution in [3.63, 3.8) is 0 Å². The number of nitrogens with one attached hydrogen (secondary N) is 2. The van der Waals surface area contributed by atoms with Crippen LogP contribution < -0.4 is 20.5 Å². The first kappa shape index (κ1) is 21.8. The number of H-pyrrole nitrogens is 1. The number of amides is 1. The Hall–Kier alpha value is -4.40. The van der Waals surface area contributed by atoms with E-state index >= 15 is 0 Å². The molecule has 2 N–H and O–H groups in total. The number of hydrogen-bond acceptors (Lipinski definition) is 6. The topological polar surface area (TPSA) is 111 Å². The van der Waals surface area contributed by atoms with E-state index in [1.165, 1.54) is 18.5 Å². The van der Waals surface area contributed by atoms with E-state index in [9.17, 15) is 9.59 Å². The first-order chi connectivity index (χ1) is 15.9. The fraction of sp³-hybridized carbons (Fsp3) is 0.167. The van der Waals surface area contributed by atoms with Crippen molar-refractivity contribution in [2.75, 3.05) is 14.2 Å². The number of methoxy groups -OCH3 is 2. The Labute approximate surface area is 189 Å². The van der Waals surface area contributed by atoms with Crippen molar-refractivity contribution in [2.45, 2.75) is 13.8 Å². The van der Waals surface area contributed by atoms with Crippen molar-refractivity contribution >= 4 is 23.0 Å². The average molecular weight is 445 g/mol. The van der Waals surface area contributed by atoms with Gasteiger partial charge in [0.15, 0.2) is 11.5 Å². The molecule has 2 aromatic heterocycles. The van der Waals surface area contributed by atoms with Crippen LogP contribution in [0.3, 0.4) is 0 Å². The Morgan fingerprint density at radius 2 is 1.88 bits per heavy atom. The zero-order valence-electron chi connectivity index (χ0n) is 18.7. The third kappa shape index (κ3) is 4.33. The third-order valence-electron chi connectivity index (χ3n) is 5.25. The van der Waals surface area contributed by atoms with Gasteiger partial charge in [-0.1, -0.05) is 11.6 Å². The number of aromatic nitrogens is 3. The van der Waals surface area contributed by atoms with Gasteiger partial charge in [-0.3, -0.25) is 9.59 Å². The summed E-state index contributed by atoms with van der Waals surface area (Å²) in [7, 11) is 3.11. The summed E-state index contributed by atoms with van der Waals surface area (Å²) in [5.74, 6) is 0.746. The Bertz CT molecular complexity index is 1430. The van der Waals surface area contributed by atoms with Gasteiger partial charge in [-0.15, -0.1) is 0 Å². The van der Waals surface area contributed by atoms with Gasteiger partial charge in [0.2, 0.25) is 0 Å². The Morgan fingerprint density at radius 3 is 2.64 bits per heavy atom. The van der Waals surface area contributed by atoms with E-state index < -0.39 is 5.91 Å². The second kappa shape index (κ2) is 8.99. The number of benzene rings is 2. The van der Waals surface area contributed by atoms with Crippen LogP contribution in [0.25, 0.3) is 16.6 Å². The number of carbonyl (C=O) groups is 1. The highest BCUT2D eigenvalue weighted by Crippen LogP contribution is 2.27. The maximum absolute atomic E-state index is 12.7. The molecule has 2 heterocycles. The molecule has 0 spiro atoms. The lowest BCUT2D eigenvalue weighted by molar-refractivity contribution is 0.0954. The van der Waals surface area contributed by atoms with Crippen molar-refractivity contribution in [3.8, 4) is 17.2 Å². The summed E-state index contributed by atoms with van der Waals surface area (Å²) in [6.45, 7) is 3.74. The monoisotopic (exact) mass is 445 g/mol. The Morgan fingerprint density at radius 1 is 1.09 bits per heavy atom. The minimum atomic E-state index is -0.416. The van der Waals surface area contributed by atoms with E-state index in [-0.39, 0.29) is 5.56 Å². The van der Waals surface area contributed by atoms with Gasteiger partial charge in [0.05, 0.1) is 49.1 Å². The number of pyridine rings is 1. The number of rotatable bonds is 6. The molecule has 1 amide bonds. The summed E-state index contributed by atoms with van der Waals surface area (Å²) >= 11 is 0. The standard InChI is InChI=1S/C24H23N5O4/c1-14-5-7-19-17(9-14)20(11-23(30)27-19)29-15(2)18(13-26-29)24(31)28-25-12-16-6-8-21(32-3)22(10-16)33-4/h5-13H,1-4H3,(H,27,30)(H,28,31)/b25-12-. The number of aromatic amines is 1. The maximum Gasteiger partial charge on any atom is 0.274 e. The zero-order chi connectivity index (χ0) is 23.5. The molecule has 0 unspecified atom stereocenters. The molecular formula is C24H23N5O4. The number of aryl methyl sites for hydroxylation is 1. The van der Waals surface area contributed by atoms with Gasteiger partial charge >= 0.3 is 0 Å². The van der Waals surface area contributed by atoms with E-state index in [4.69, 9.17) is 9.47 Å². The molecule has 0 saturated heterocycles. The molecule has 0 radical (unpaired) electrons. The van der Waals surface area contributed by atoms with Crippen LogP contribution in [0.5, 0.6) is 11.5 Å². The smallest absolute Gasteiger partial charge is 0.274 e. The van der Waals surface area contributed by atoms with Gasteiger partial charge in [-0.25, -0.2) is 10.1 Å². The van der Waals surface area contributed by atoms with Crippen molar-refractivity contribution in [1.29, 1.82) is 0 Å². The molecule has 33 heavy (non-hydrogen) atoms. The van der Waals surface area contributed by atoms with E-state index in [1.807, 2.05) is 25.1 Å². The fourth-order valence-electron chi connectivity index (χ4n) is 3.56. The third-order valence-corrected chi connectivity index (χ3v) is 5.25. The number of nitrogens with zero attached hydrogens (tertiary/aromatic N) is 3. The van der Waals surface area contributed by atoms with Crippen LogP contribution in [0.2, 0.25) is 0 Å². The summed E-state index contributed by atoms with van der Waals surface area (Å²) in [5.41, 5.74) is 6.27. The number of hydrazone groups is 1. The summed E-state index contributed by atoms with van der Waals surface area (Å²) < 4.78 is 12.1. The van der Waals surface area contributed by atoms with Crippen molar-refractivity contribution in [1.82, 2.24) is 20.2 Å². The van der Waals surface area contributed by atoms with E-state index in [2.05, 4.69) is 20.6 Å². The Kier molecular flexibility index (Phi) is 5.95. The molecule has 168 valence electrons. The molecule has 9 nitrogen and oxygen atoms in total. The zero-order valence-corrected chi connectivity index (χ0v) is 18.7. The summed E-state index contributed by atoms with van der Waals surface area (Å²) in [6.07, 6.45) is 2.96. The first-order valence-electron chi connectivity index (χ1n) is 10.2. The molecule has 0 fully saturated rings. The second-order valence-electron chi connectivity index (χ2n) is 7.44. The van der Waals surface area contributed by atoms with Gasteiger partial charge in [0, 0.05) is 11.5 Å². The molecule has 0 aliphatic rings. The predicted octanol–water partition coefficient (Wildman–Crippen LogP) is 3.11. The molecule has 0 aliphatic carbocycles. The lowest BCUT2D eigenvalue weighted by atomic mass is 10.1. The van der Waals surface area contributed by atoms with Gasteiger partial charge in [-0.2, -0.15) is 10.2 Å². The minimum Gasteiger partial charge on any atom is -0.493 e. The van der Waals surface area contributed by atoms with E-state index in [1.54, 1.807) is 44.0 Å². The summed E-state index contributed by atoms with van der Waals surface area (Å²) in [4.78, 5) is 27.7. The average Bonchev–Trinajstić information content (AvgIpc) is 3.19. The van der Waals surface area contributed by atoms with Crippen molar-refractivity contribution in [2.24, 2.45) is 5.10 Å². The molecule has 0 atom stereocenters. The quantitative estimate of drug-likeness (QED) is 0.350. The van der Waals surface area contributed by atoms with E-state index in [0.29, 0.717) is 34.0 Å². The maximum atomic E-state index is 12.7. The second-order valence-corrected chi connectivity index (χ2v) is 7.44. The van der Waals surface area contributed by atoms with Crippen LogP contribution in [0.15, 0.2) is 58.6 Å².